The zero-order chi connectivity index (χ0) is 8.69. The summed E-state index contributed by atoms with van der Waals surface area (Å²) in [5.41, 5.74) is 0. The van der Waals surface area contributed by atoms with Gasteiger partial charge in [0.1, 0.15) is 18.5 Å². The van der Waals surface area contributed by atoms with E-state index in [1.165, 1.54) is 12.7 Å². The molecule has 0 fully saturated rings. The van der Waals surface area contributed by atoms with E-state index in [-0.39, 0.29) is 0 Å². The molecular formula is C8H15N3. The normalized spacial score (nSPS) is 8.82. The van der Waals surface area contributed by atoms with Crippen LogP contribution < -0.4 is 0 Å². The summed E-state index contributed by atoms with van der Waals surface area (Å²) in [5, 5.41) is 0. The third-order valence-electron chi connectivity index (χ3n) is 1.03. The Bertz CT molecular complexity index is 172. The van der Waals surface area contributed by atoms with Gasteiger partial charge >= 0.3 is 0 Å². The van der Waals surface area contributed by atoms with Gasteiger partial charge < -0.3 is 0 Å². The average Bonchev–Trinajstić information content (AvgIpc) is 2.10. The molecule has 1 aromatic rings. The van der Waals surface area contributed by atoms with Crippen molar-refractivity contribution in [1.29, 1.82) is 0 Å². The second-order valence-corrected chi connectivity index (χ2v) is 2.15. The summed E-state index contributed by atoms with van der Waals surface area (Å²) in [5.74, 6) is 1.25. The van der Waals surface area contributed by atoms with E-state index in [0.717, 1.165) is 5.82 Å². The van der Waals surface area contributed by atoms with E-state index in [0.29, 0.717) is 5.92 Å². The Balaban J connectivity index is 0.000000461. The van der Waals surface area contributed by atoms with Crippen LogP contribution >= 0.6 is 0 Å². The minimum absolute atomic E-state index is 0.396. The molecule has 0 amide bonds. The predicted molar refractivity (Wildman–Crippen MR) is 45.3 cm³/mol. The lowest BCUT2D eigenvalue weighted by atomic mass is 10.2. The molecule has 0 N–H and O–H groups in total. The highest BCUT2D eigenvalue weighted by Gasteiger charge is 1.97. The van der Waals surface area contributed by atoms with Crippen LogP contribution in [-0.2, 0) is 0 Å². The quantitative estimate of drug-likeness (QED) is 0.619. The molecular weight excluding hydrogens is 138 g/mol. The molecule has 3 nitrogen and oxygen atoms in total. The second-order valence-electron chi connectivity index (χ2n) is 2.15. The van der Waals surface area contributed by atoms with Crippen LogP contribution in [-0.4, -0.2) is 15.0 Å². The predicted octanol–water partition coefficient (Wildman–Crippen LogP) is 2.02. The number of rotatable bonds is 1. The summed E-state index contributed by atoms with van der Waals surface area (Å²) < 4.78 is 0. The summed E-state index contributed by atoms with van der Waals surface area (Å²) in [7, 11) is 0. The Morgan fingerprint density at radius 2 is 1.55 bits per heavy atom. The Morgan fingerprint density at radius 3 is 1.82 bits per heavy atom. The van der Waals surface area contributed by atoms with Crippen molar-refractivity contribution in [1.82, 2.24) is 15.0 Å². The van der Waals surface area contributed by atoms with Crippen molar-refractivity contribution in [3.63, 3.8) is 0 Å². The molecule has 11 heavy (non-hydrogen) atoms. The molecule has 0 aliphatic heterocycles. The number of hydrogen-bond donors (Lipinski definition) is 0. The SMILES string of the molecule is CC.CC(C)c1ncncn1. The van der Waals surface area contributed by atoms with E-state index in [2.05, 4.69) is 28.8 Å². The van der Waals surface area contributed by atoms with Gasteiger partial charge in [0.15, 0.2) is 0 Å². The average molecular weight is 153 g/mol. The second kappa shape index (κ2) is 5.77. The highest BCUT2D eigenvalue weighted by atomic mass is 15.0. The standard InChI is InChI=1S/C6H9N3.C2H6/c1-5(2)6-8-3-7-4-9-6;1-2/h3-5H,1-2H3;1-2H3. The zero-order valence-corrected chi connectivity index (χ0v) is 7.57. The van der Waals surface area contributed by atoms with Crippen molar-refractivity contribution in [2.75, 3.05) is 0 Å². The Morgan fingerprint density at radius 1 is 1.09 bits per heavy atom. The number of nitrogens with zero attached hydrogens (tertiary/aromatic N) is 3. The third-order valence-corrected chi connectivity index (χ3v) is 1.03. The van der Waals surface area contributed by atoms with Gasteiger partial charge in [-0.1, -0.05) is 27.7 Å². The monoisotopic (exact) mass is 153 g/mol. The van der Waals surface area contributed by atoms with E-state index < -0.39 is 0 Å². The van der Waals surface area contributed by atoms with E-state index in [1.807, 2.05) is 13.8 Å². The molecule has 1 aromatic heterocycles. The van der Waals surface area contributed by atoms with Crippen LogP contribution in [0.15, 0.2) is 12.7 Å². The van der Waals surface area contributed by atoms with Crippen LogP contribution in [0, 0.1) is 0 Å². The summed E-state index contributed by atoms with van der Waals surface area (Å²) in [6.45, 7) is 8.10. The minimum Gasteiger partial charge on any atom is -0.225 e. The highest BCUT2D eigenvalue weighted by Crippen LogP contribution is 2.04. The van der Waals surface area contributed by atoms with Crippen molar-refractivity contribution in [2.24, 2.45) is 0 Å². The van der Waals surface area contributed by atoms with Gasteiger partial charge in [0, 0.05) is 5.92 Å². The van der Waals surface area contributed by atoms with Crippen LogP contribution in [0.3, 0.4) is 0 Å². The van der Waals surface area contributed by atoms with Crippen LogP contribution in [0.2, 0.25) is 0 Å². The molecule has 0 atom stereocenters. The Kier molecular flexibility index (Phi) is 5.25. The first kappa shape index (κ1) is 10.0. The summed E-state index contributed by atoms with van der Waals surface area (Å²) in [6.07, 6.45) is 3.03. The van der Waals surface area contributed by atoms with Gasteiger partial charge in [0.25, 0.3) is 0 Å². The first-order valence-corrected chi connectivity index (χ1v) is 3.92. The fraction of sp³-hybridized carbons (Fsp3) is 0.625. The molecule has 0 bridgehead atoms. The fourth-order valence-corrected chi connectivity index (χ4v) is 0.546. The van der Waals surface area contributed by atoms with Crippen LogP contribution in [0.1, 0.15) is 39.4 Å². The highest BCUT2D eigenvalue weighted by molar-refractivity contribution is 4.87. The van der Waals surface area contributed by atoms with Crippen molar-refractivity contribution >= 4 is 0 Å². The van der Waals surface area contributed by atoms with Gasteiger partial charge in [-0.15, -0.1) is 0 Å². The van der Waals surface area contributed by atoms with Gasteiger partial charge in [-0.25, -0.2) is 15.0 Å². The maximum Gasteiger partial charge on any atom is 0.134 e. The van der Waals surface area contributed by atoms with Crippen molar-refractivity contribution in [3.05, 3.63) is 18.5 Å². The van der Waals surface area contributed by atoms with Crippen LogP contribution in [0.4, 0.5) is 0 Å². The van der Waals surface area contributed by atoms with E-state index in [9.17, 15) is 0 Å². The molecule has 0 spiro atoms. The summed E-state index contributed by atoms with van der Waals surface area (Å²) in [4.78, 5) is 11.6. The van der Waals surface area contributed by atoms with Crippen molar-refractivity contribution in [3.8, 4) is 0 Å². The fourth-order valence-electron chi connectivity index (χ4n) is 0.546. The van der Waals surface area contributed by atoms with E-state index in [4.69, 9.17) is 0 Å². The van der Waals surface area contributed by atoms with Gasteiger partial charge in [-0.2, -0.15) is 0 Å². The lowest BCUT2D eigenvalue weighted by Gasteiger charge is -1.98. The van der Waals surface area contributed by atoms with Crippen LogP contribution in [0.25, 0.3) is 0 Å². The molecule has 0 saturated heterocycles. The molecule has 0 radical (unpaired) electrons. The molecule has 3 heteroatoms. The van der Waals surface area contributed by atoms with Gasteiger partial charge in [0.05, 0.1) is 0 Å². The maximum atomic E-state index is 3.96. The van der Waals surface area contributed by atoms with Gasteiger partial charge in [-0.05, 0) is 0 Å². The minimum atomic E-state index is 0.396. The molecule has 0 aliphatic rings. The molecule has 1 rings (SSSR count). The molecule has 0 saturated carbocycles. The third kappa shape index (κ3) is 3.65. The smallest absolute Gasteiger partial charge is 0.134 e. The Labute approximate surface area is 67.9 Å². The molecule has 0 unspecified atom stereocenters. The molecule has 0 aromatic carbocycles. The maximum absolute atomic E-state index is 3.96. The van der Waals surface area contributed by atoms with Crippen molar-refractivity contribution < 1.29 is 0 Å². The van der Waals surface area contributed by atoms with Gasteiger partial charge in [0.2, 0.25) is 0 Å². The largest absolute Gasteiger partial charge is 0.225 e. The Hall–Kier alpha value is -0.990. The first-order chi connectivity index (χ1) is 5.30. The first-order valence-electron chi connectivity index (χ1n) is 3.92. The van der Waals surface area contributed by atoms with Gasteiger partial charge in [-0.3, -0.25) is 0 Å². The number of hydrogen-bond acceptors (Lipinski definition) is 3. The topological polar surface area (TPSA) is 38.7 Å². The van der Waals surface area contributed by atoms with E-state index in [1.54, 1.807) is 0 Å². The molecule has 0 aliphatic carbocycles. The van der Waals surface area contributed by atoms with Crippen LogP contribution in [0.5, 0.6) is 0 Å². The van der Waals surface area contributed by atoms with Crippen molar-refractivity contribution in [2.45, 2.75) is 33.6 Å². The summed E-state index contributed by atoms with van der Waals surface area (Å²) in [6, 6.07) is 0. The molecule has 62 valence electrons. The lowest BCUT2D eigenvalue weighted by molar-refractivity contribution is 0.759. The lowest BCUT2D eigenvalue weighted by Crippen LogP contribution is -1.95. The zero-order valence-electron chi connectivity index (χ0n) is 7.57. The summed E-state index contributed by atoms with van der Waals surface area (Å²) >= 11 is 0. The molecule has 1 heterocycles. The van der Waals surface area contributed by atoms with E-state index >= 15 is 0 Å². The number of aromatic nitrogens is 3.